The van der Waals surface area contributed by atoms with Crippen LogP contribution in [0.5, 0.6) is 0 Å². The fourth-order valence-corrected chi connectivity index (χ4v) is 4.66. The molecule has 0 aromatic heterocycles. The van der Waals surface area contributed by atoms with E-state index in [1.165, 1.54) is 12.1 Å². The van der Waals surface area contributed by atoms with Crippen LogP contribution in [0.1, 0.15) is 15.9 Å². The third-order valence-electron chi connectivity index (χ3n) is 3.08. The molecular formula is C12H11ClF3NO3S. The van der Waals surface area contributed by atoms with Gasteiger partial charge < -0.3 is 5.32 Å². The Hall–Kier alpha value is -1.28. The van der Waals surface area contributed by atoms with Gasteiger partial charge in [0, 0.05) is 0 Å². The van der Waals surface area contributed by atoms with E-state index in [2.05, 4.69) is 5.32 Å². The fourth-order valence-electron chi connectivity index (χ4n) is 2.11. The molecule has 116 valence electrons. The number of carbonyl (C=O) groups excluding carboxylic acids is 1. The Morgan fingerprint density at radius 2 is 1.86 bits per heavy atom. The highest BCUT2D eigenvalue weighted by Crippen LogP contribution is 2.32. The molecule has 1 aliphatic rings. The third-order valence-corrected chi connectivity index (χ3v) is 5.45. The van der Waals surface area contributed by atoms with Crippen LogP contribution in [-0.2, 0) is 16.0 Å². The van der Waals surface area contributed by atoms with Crippen LogP contribution in [0.4, 0.5) is 13.2 Å². The summed E-state index contributed by atoms with van der Waals surface area (Å²) in [7, 11) is -3.38. The molecule has 2 atom stereocenters. The van der Waals surface area contributed by atoms with Crippen LogP contribution >= 0.6 is 11.6 Å². The second-order valence-electron chi connectivity index (χ2n) is 4.72. The van der Waals surface area contributed by atoms with E-state index in [0.29, 0.717) is 0 Å². The molecule has 1 saturated heterocycles. The van der Waals surface area contributed by atoms with Gasteiger partial charge in [-0.25, -0.2) is 8.42 Å². The molecule has 1 amide bonds. The number of halogens is 4. The Balaban J connectivity index is 2.23. The molecule has 21 heavy (non-hydrogen) atoms. The highest BCUT2D eigenvalue weighted by atomic mass is 35.5. The number of carbonyl (C=O) groups is 1. The number of hydrogen-bond acceptors (Lipinski definition) is 3. The Bertz CT molecular complexity index is 660. The first-order valence-electron chi connectivity index (χ1n) is 5.92. The molecule has 9 heteroatoms. The van der Waals surface area contributed by atoms with Crippen LogP contribution in [0.15, 0.2) is 24.3 Å². The van der Waals surface area contributed by atoms with Crippen molar-refractivity contribution in [3.63, 3.8) is 0 Å². The predicted octanol–water partition coefficient (Wildman–Crippen LogP) is 1.84. The van der Waals surface area contributed by atoms with Crippen LogP contribution in [0.2, 0.25) is 0 Å². The van der Waals surface area contributed by atoms with Gasteiger partial charge in [-0.2, -0.15) is 13.2 Å². The zero-order valence-corrected chi connectivity index (χ0v) is 12.1. The summed E-state index contributed by atoms with van der Waals surface area (Å²) < 4.78 is 61.2. The molecule has 1 aliphatic heterocycles. The van der Waals surface area contributed by atoms with Crippen LogP contribution in [0.25, 0.3) is 0 Å². The van der Waals surface area contributed by atoms with Crippen molar-refractivity contribution in [2.24, 2.45) is 0 Å². The summed E-state index contributed by atoms with van der Waals surface area (Å²) in [6.07, 6.45) is -4.67. The molecule has 4 nitrogen and oxygen atoms in total. The van der Waals surface area contributed by atoms with Crippen molar-refractivity contribution in [3.05, 3.63) is 35.4 Å². The molecule has 0 radical (unpaired) electrons. The maximum Gasteiger partial charge on any atom is 0.417 e. The number of alkyl halides is 4. The standard InChI is InChI=1S/C12H11ClF3NO3S/c13-9-5-21(19,20)6-10(9)17-11(18)7-3-1-2-4-8(7)12(14,15)16/h1-4,9-10H,5-6H2,(H,17,18). The number of nitrogens with one attached hydrogen (secondary N) is 1. The Labute approximate surface area is 124 Å². The van der Waals surface area contributed by atoms with E-state index < -0.39 is 44.5 Å². The Kier molecular flexibility index (Phi) is 4.21. The lowest BCUT2D eigenvalue weighted by molar-refractivity contribution is -0.137. The zero-order chi connectivity index (χ0) is 15.8. The molecule has 1 N–H and O–H groups in total. The molecule has 1 aromatic carbocycles. The van der Waals surface area contributed by atoms with E-state index in [9.17, 15) is 26.4 Å². The van der Waals surface area contributed by atoms with Crippen LogP contribution in [0, 0.1) is 0 Å². The molecule has 0 saturated carbocycles. The van der Waals surface area contributed by atoms with Crippen molar-refractivity contribution in [1.29, 1.82) is 0 Å². The van der Waals surface area contributed by atoms with Crippen molar-refractivity contribution < 1.29 is 26.4 Å². The van der Waals surface area contributed by atoms with Crippen LogP contribution in [0.3, 0.4) is 0 Å². The smallest absolute Gasteiger partial charge is 0.347 e. The molecule has 0 aliphatic carbocycles. The van der Waals surface area contributed by atoms with Gasteiger partial charge in [-0.05, 0) is 12.1 Å². The van der Waals surface area contributed by atoms with Gasteiger partial charge in [-0.1, -0.05) is 12.1 Å². The first-order valence-corrected chi connectivity index (χ1v) is 8.17. The predicted molar refractivity (Wildman–Crippen MR) is 71.0 cm³/mol. The first-order chi connectivity index (χ1) is 9.60. The average Bonchev–Trinajstić information content (AvgIpc) is 2.61. The molecule has 0 bridgehead atoms. The van der Waals surface area contributed by atoms with Crippen molar-refractivity contribution in [3.8, 4) is 0 Å². The van der Waals surface area contributed by atoms with Gasteiger partial charge in [-0.15, -0.1) is 11.6 Å². The quantitative estimate of drug-likeness (QED) is 0.835. The van der Waals surface area contributed by atoms with E-state index in [1.54, 1.807) is 0 Å². The van der Waals surface area contributed by atoms with Gasteiger partial charge in [0.2, 0.25) is 0 Å². The van der Waals surface area contributed by atoms with E-state index in [0.717, 1.165) is 12.1 Å². The number of benzene rings is 1. The van der Waals surface area contributed by atoms with Crippen molar-refractivity contribution in [2.45, 2.75) is 17.6 Å². The van der Waals surface area contributed by atoms with Gasteiger partial charge in [0.25, 0.3) is 5.91 Å². The number of sulfone groups is 1. The van der Waals surface area contributed by atoms with Crippen molar-refractivity contribution >= 4 is 27.3 Å². The maximum atomic E-state index is 12.8. The number of rotatable bonds is 2. The van der Waals surface area contributed by atoms with Gasteiger partial charge in [0.05, 0.1) is 34.1 Å². The summed E-state index contributed by atoms with van der Waals surface area (Å²) in [5.74, 6) is -1.67. The van der Waals surface area contributed by atoms with E-state index in [1.807, 2.05) is 0 Å². The third kappa shape index (κ3) is 3.68. The fraction of sp³-hybridized carbons (Fsp3) is 0.417. The van der Waals surface area contributed by atoms with E-state index in [4.69, 9.17) is 11.6 Å². The largest absolute Gasteiger partial charge is 0.417 e. The monoisotopic (exact) mass is 341 g/mol. The lowest BCUT2D eigenvalue weighted by Crippen LogP contribution is -2.41. The minimum Gasteiger partial charge on any atom is -0.347 e. The molecular weight excluding hydrogens is 331 g/mol. The first kappa shape index (κ1) is 16.1. The lowest BCUT2D eigenvalue weighted by Gasteiger charge is -2.17. The molecule has 0 spiro atoms. The van der Waals surface area contributed by atoms with Crippen LogP contribution in [-0.4, -0.2) is 37.2 Å². The minimum atomic E-state index is -4.67. The normalized spacial score (nSPS) is 24.8. The van der Waals surface area contributed by atoms with Gasteiger partial charge in [-0.3, -0.25) is 4.79 Å². The highest BCUT2D eigenvalue weighted by Gasteiger charge is 2.39. The van der Waals surface area contributed by atoms with Crippen molar-refractivity contribution in [1.82, 2.24) is 5.32 Å². The summed E-state index contributed by atoms with van der Waals surface area (Å²) in [6, 6.07) is 3.39. The van der Waals surface area contributed by atoms with Gasteiger partial charge >= 0.3 is 6.18 Å². The molecule has 1 aromatic rings. The summed E-state index contributed by atoms with van der Waals surface area (Å²) in [5, 5.41) is 1.41. The number of hydrogen-bond donors (Lipinski definition) is 1. The minimum absolute atomic E-state index is 0.305. The van der Waals surface area contributed by atoms with Gasteiger partial charge in [0.1, 0.15) is 0 Å². The molecule has 1 heterocycles. The zero-order valence-electron chi connectivity index (χ0n) is 10.5. The maximum absolute atomic E-state index is 12.8. The second kappa shape index (κ2) is 5.49. The summed E-state index contributed by atoms with van der Waals surface area (Å²) >= 11 is 5.81. The topological polar surface area (TPSA) is 63.2 Å². The highest BCUT2D eigenvalue weighted by molar-refractivity contribution is 7.91. The SMILES string of the molecule is O=C(NC1CS(=O)(=O)CC1Cl)c1ccccc1C(F)(F)F. The van der Waals surface area contributed by atoms with E-state index >= 15 is 0 Å². The van der Waals surface area contributed by atoms with Crippen LogP contribution < -0.4 is 5.32 Å². The summed E-state index contributed by atoms with van der Waals surface area (Å²) in [5.41, 5.74) is -1.63. The molecule has 2 unspecified atom stereocenters. The van der Waals surface area contributed by atoms with E-state index in [-0.39, 0.29) is 11.5 Å². The second-order valence-corrected chi connectivity index (χ2v) is 7.43. The lowest BCUT2D eigenvalue weighted by atomic mass is 10.1. The molecule has 2 rings (SSSR count). The average molecular weight is 342 g/mol. The summed E-state index contributed by atoms with van der Waals surface area (Å²) in [4.78, 5) is 12.0. The molecule has 1 fully saturated rings. The Morgan fingerprint density at radius 3 is 2.38 bits per heavy atom. The summed E-state index contributed by atoms with van der Waals surface area (Å²) in [6.45, 7) is 0. The Morgan fingerprint density at radius 1 is 1.24 bits per heavy atom. The van der Waals surface area contributed by atoms with Crippen molar-refractivity contribution in [2.75, 3.05) is 11.5 Å². The van der Waals surface area contributed by atoms with Gasteiger partial charge in [0.15, 0.2) is 9.84 Å². The number of amides is 1.